The van der Waals surface area contributed by atoms with Crippen molar-refractivity contribution in [3.05, 3.63) is 47.8 Å². The number of amides is 2. The van der Waals surface area contributed by atoms with Gasteiger partial charge in [-0.15, -0.1) is 0 Å². The molecule has 0 bridgehead atoms. The lowest BCUT2D eigenvalue weighted by Crippen LogP contribution is -2.52. The topological polar surface area (TPSA) is 53.4 Å². The Kier molecular flexibility index (Phi) is 4.34. The van der Waals surface area contributed by atoms with E-state index in [-0.39, 0.29) is 6.03 Å². The molecule has 132 valence electrons. The Labute approximate surface area is 148 Å². The monoisotopic (exact) mass is 339 g/mol. The van der Waals surface area contributed by atoms with E-state index in [0.29, 0.717) is 5.92 Å². The van der Waals surface area contributed by atoms with Gasteiger partial charge in [0, 0.05) is 51.9 Å². The van der Waals surface area contributed by atoms with Crippen molar-refractivity contribution < 1.29 is 4.79 Å². The molecule has 2 heterocycles. The number of hydrogen-bond acceptors (Lipinski definition) is 3. The van der Waals surface area contributed by atoms with Gasteiger partial charge in [0.2, 0.25) is 0 Å². The van der Waals surface area contributed by atoms with Gasteiger partial charge in [0.15, 0.2) is 0 Å². The Morgan fingerprint density at radius 2 is 2.04 bits per heavy atom. The van der Waals surface area contributed by atoms with E-state index in [1.54, 1.807) is 0 Å². The number of fused-ring (bicyclic) bond motifs is 1. The Morgan fingerprint density at radius 1 is 1.24 bits per heavy atom. The minimum atomic E-state index is 0.0650. The number of piperazine rings is 1. The summed E-state index contributed by atoms with van der Waals surface area (Å²) >= 11 is 0. The molecule has 1 aliphatic heterocycles. The third-order valence-corrected chi connectivity index (χ3v) is 5.38. The summed E-state index contributed by atoms with van der Waals surface area (Å²) in [6, 6.07) is 8.66. The van der Waals surface area contributed by atoms with Crippen LogP contribution in [0.2, 0.25) is 0 Å². The molecular weight excluding hydrogens is 314 g/mol. The molecule has 6 heteroatoms. The van der Waals surface area contributed by atoms with E-state index in [2.05, 4.69) is 39.6 Å². The van der Waals surface area contributed by atoms with Crippen LogP contribution < -0.4 is 10.2 Å². The molecule has 0 radical (unpaired) electrons. The van der Waals surface area contributed by atoms with Crippen molar-refractivity contribution in [2.75, 3.05) is 37.6 Å². The first-order chi connectivity index (χ1) is 12.2. The molecule has 1 aliphatic carbocycles. The molecule has 1 atom stereocenters. The molecule has 6 nitrogen and oxygen atoms in total. The third kappa shape index (κ3) is 3.34. The van der Waals surface area contributed by atoms with Crippen LogP contribution in [0.15, 0.2) is 36.7 Å². The van der Waals surface area contributed by atoms with Crippen LogP contribution in [0.1, 0.15) is 23.5 Å². The Bertz CT molecular complexity index is 748. The van der Waals surface area contributed by atoms with Gasteiger partial charge in [-0.05, 0) is 24.0 Å². The van der Waals surface area contributed by atoms with Gasteiger partial charge in [0.1, 0.15) is 0 Å². The zero-order valence-electron chi connectivity index (χ0n) is 14.7. The van der Waals surface area contributed by atoms with Crippen LogP contribution in [0.25, 0.3) is 0 Å². The van der Waals surface area contributed by atoms with Crippen molar-refractivity contribution in [3.63, 3.8) is 0 Å². The molecule has 2 aliphatic rings. The number of nitrogens with one attached hydrogen (secondary N) is 1. The highest BCUT2D eigenvalue weighted by Gasteiger charge is 2.25. The molecule has 0 spiro atoms. The van der Waals surface area contributed by atoms with Crippen LogP contribution in [-0.2, 0) is 13.5 Å². The summed E-state index contributed by atoms with van der Waals surface area (Å²) in [4.78, 5) is 16.7. The Morgan fingerprint density at radius 3 is 2.80 bits per heavy atom. The highest BCUT2D eigenvalue weighted by atomic mass is 16.2. The Balaban J connectivity index is 1.27. The second kappa shape index (κ2) is 6.78. The van der Waals surface area contributed by atoms with Crippen molar-refractivity contribution in [1.29, 1.82) is 0 Å². The molecule has 1 N–H and O–H groups in total. The van der Waals surface area contributed by atoms with Crippen molar-refractivity contribution in [3.8, 4) is 0 Å². The molecule has 25 heavy (non-hydrogen) atoms. The van der Waals surface area contributed by atoms with Gasteiger partial charge in [-0.3, -0.25) is 4.68 Å². The number of urea groups is 1. The van der Waals surface area contributed by atoms with Gasteiger partial charge < -0.3 is 15.1 Å². The summed E-state index contributed by atoms with van der Waals surface area (Å²) in [6.07, 6.45) is 6.16. The van der Waals surface area contributed by atoms with Crippen molar-refractivity contribution in [1.82, 2.24) is 20.0 Å². The van der Waals surface area contributed by atoms with E-state index in [4.69, 9.17) is 0 Å². The van der Waals surface area contributed by atoms with Crippen LogP contribution in [0, 0.1) is 0 Å². The van der Waals surface area contributed by atoms with Gasteiger partial charge in [0.25, 0.3) is 0 Å². The number of hydrogen-bond donors (Lipinski definition) is 1. The number of carbonyl (C=O) groups is 1. The minimum Gasteiger partial charge on any atom is -0.365 e. The number of aryl methyl sites for hydroxylation is 2. The number of carbonyl (C=O) groups excluding carboxylic acids is 1. The summed E-state index contributed by atoms with van der Waals surface area (Å²) in [7, 11) is 1.92. The molecule has 1 aromatic heterocycles. The maximum absolute atomic E-state index is 12.5. The first-order valence-corrected chi connectivity index (χ1v) is 9.05. The van der Waals surface area contributed by atoms with Crippen molar-refractivity contribution >= 4 is 11.7 Å². The smallest absolute Gasteiger partial charge is 0.317 e. The van der Waals surface area contributed by atoms with E-state index in [0.717, 1.165) is 51.3 Å². The van der Waals surface area contributed by atoms with E-state index in [1.807, 2.05) is 29.0 Å². The highest BCUT2D eigenvalue weighted by molar-refractivity contribution is 5.74. The average Bonchev–Trinajstić information content (AvgIpc) is 3.26. The van der Waals surface area contributed by atoms with Crippen LogP contribution in [0.4, 0.5) is 10.5 Å². The highest BCUT2D eigenvalue weighted by Crippen LogP contribution is 2.32. The SMILES string of the molecule is Cn1cc(N2CCN(C(=O)NCC3CCc4ccccc43)CC2)cn1. The van der Waals surface area contributed by atoms with Gasteiger partial charge in [-0.2, -0.15) is 5.10 Å². The lowest BCUT2D eigenvalue weighted by molar-refractivity contribution is 0.193. The molecule has 1 saturated heterocycles. The van der Waals surface area contributed by atoms with Gasteiger partial charge in [0.05, 0.1) is 11.9 Å². The van der Waals surface area contributed by atoms with Crippen LogP contribution in [0.5, 0.6) is 0 Å². The summed E-state index contributed by atoms with van der Waals surface area (Å²) in [6.45, 7) is 3.94. The van der Waals surface area contributed by atoms with Gasteiger partial charge in [-0.1, -0.05) is 24.3 Å². The fourth-order valence-corrected chi connectivity index (χ4v) is 3.92. The largest absolute Gasteiger partial charge is 0.365 e. The summed E-state index contributed by atoms with van der Waals surface area (Å²) in [5.41, 5.74) is 3.97. The molecule has 1 unspecified atom stereocenters. The van der Waals surface area contributed by atoms with E-state index >= 15 is 0 Å². The maximum Gasteiger partial charge on any atom is 0.317 e. The molecular formula is C19H25N5O. The first kappa shape index (κ1) is 16.0. The number of nitrogens with zero attached hydrogens (tertiary/aromatic N) is 4. The predicted molar refractivity (Wildman–Crippen MR) is 97.9 cm³/mol. The summed E-state index contributed by atoms with van der Waals surface area (Å²) < 4.78 is 1.81. The Hall–Kier alpha value is -2.50. The summed E-state index contributed by atoms with van der Waals surface area (Å²) in [5.74, 6) is 0.455. The zero-order chi connectivity index (χ0) is 17.2. The number of benzene rings is 1. The second-order valence-electron chi connectivity index (χ2n) is 6.97. The normalized spacial score (nSPS) is 19.8. The van der Waals surface area contributed by atoms with Crippen LogP contribution >= 0.6 is 0 Å². The fraction of sp³-hybridized carbons (Fsp3) is 0.474. The van der Waals surface area contributed by atoms with Crippen LogP contribution in [-0.4, -0.2) is 53.4 Å². The number of rotatable bonds is 3. The lowest BCUT2D eigenvalue weighted by Gasteiger charge is -2.35. The van der Waals surface area contributed by atoms with Crippen molar-refractivity contribution in [2.24, 2.45) is 7.05 Å². The molecule has 2 amide bonds. The first-order valence-electron chi connectivity index (χ1n) is 9.05. The van der Waals surface area contributed by atoms with Crippen LogP contribution in [0.3, 0.4) is 0 Å². The van der Waals surface area contributed by atoms with Crippen molar-refractivity contribution in [2.45, 2.75) is 18.8 Å². The second-order valence-corrected chi connectivity index (χ2v) is 6.97. The molecule has 1 aromatic carbocycles. The minimum absolute atomic E-state index is 0.0650. The zero-order valence-corrected chi connectivity index (χ0v) is 14.7. The van der Waals surface area contributed by atoms with E-state index in [1.165, 1.54) is 11.1 Å². The lowest BCUT2D eigenvalue weighted by atomic mass is 10.0. The molecule has 1 fully saturated rings. The molecule has 4 rings (SSSR count). The number of aromatic nitrogens is 2. The molecule has 2 aromatic rings. The van der Waals surface area contributed by atoms with E-state index in [9.17, 15) is 4.79 Å². The summed E-state index contributed by atoms with van der Waals surface area (Å²) in [5, 5.41) is 7.37. The standard InChI is InChI=1S/C19H25N5O/c1-22-14-17(13-21-22)23-8-10-24(11-9-23)19(25)20-12-16-7-6-15-4-2-3-5-18(15)16/h2-5,13-14,16H,6-12H2,1H3,(H,20,25). The fourth-order valence-electron chi connectivity index (χ4n) is 3.92. The van der Waals surface area contributed by atoms with E-state index < -0.39 is 0 Å². The predicted octanol–water partition coefficient (Wildman–Crippen LogP) is 1.98. The average molecular weight is 339 g/mol. The maximum atomic E-state index is 12.5. The molecule has 0 saturated carbocycles. The quantitative estimate of drug-likeness (QED) is 0.930. The van der Waals surface area contributed by atoms with Gasteiger partial charge in [-0.25, -0.2) is 4.79 Å². The van der Waals surface area contributed by atoms with Gasteiger partial charge >= 0.3 is 6.03 Å². The third-order valence-electron chi connectivity index (χ3n) is 5.38. The number of anilines is 1.